The van der Waals surface area contributed by atoms with Gasteiger partial charge in [0, 0.05) is 5.02 Å². The fourth-order valence-corrected chi connectivity index (χ4v) is 2.65. The molecule has 1 aliphatic rings. The molecule has 1 aromatic carbocycles. The Labute approximate surface area is 120 Å². The van der Waals surface area contributed by atoms with E-state index in [-0.39, 0.29) is 6.04 Å². The van der Waals surface area contributed by atoms with Crippen LogP contribution in [0.25, 0.3) is 0 Å². The van der Waals surface area contributed by atoms with Crippen LogP contribution in [0.4, 0.5) is 0 Å². The first-order chi connectivity index (χ1) is 9.24. The molecule has 1 N–H and O–H groups in total. The van der Waals surface area contributed by atoms with Crippen LogP contribution in [0.3, 0.4) is 0 Å². The third-order valence-electron chi connectivity index (χ3n) is 3.55. The number of hydrogen-bond donors (Lipinski definition) is 1. The van der Waals surface area contributed by atoms with Crippen LogP contribution in [0.5, 0.6) is 0 Å². The minimum absolute atomic E-state index is 0.221. The largest absolute Gasteiger partial charge is 0.501 e. The highest BCUT2D eigenvalue weighted by molar-refractivity contribution is 6.31. The number of rotatable bonds is 5. The zero-order chi connectivity index (χ0) is 13.7. The maximum Gasteiger partial charge on any atom is 0.0876 e. The maximum atomic E-state index is 6.25. The van der Waals surface area contributed by atoms with Crippen molar-refractivity contribution in [1.82, 2.24) is 5.32 Å². The first-order valence-corrected chi connectivity index (χ1v) is 7.40. The van der Waals surface area contributed by atoms with Gasteiger partial charge in [0.15, 0.2) is 0 Å². The Morgan fingerprint density at radius 2 is 2.26 bits per heavy atom. The van der Waals surface area contributed by atoms with Crippen molar-refractivity contribution in [1.29, 1.82) is 0 Å². The summed E-state index contributed by atoms with van der Waals surface area (Å²) in [5.74, 6) is 0. The van der Waals surface area contributed by atoms with Crippen LogP contribution >= 0.6 is 11.6 Å². The van der Waals surface area contributed by atoms with E-state index < -0.39 is 0 Å². The maximum absolute atomic E-state index is 6.25. The van der Waals surface area contributed by atoms with Gasteiger partial charge in [0.1, 0.15) is 0 Å². The van der Waals surface area contributed by atoms with Gasteiger partial charge in [-0.1, -0.05) is 30.7 Å². The molecule has 1 atom stereocenters. The minimum atomic E-state index is 0.221. The van der Waals surface area contributed by atoms with E-state index in [0.717, 1.165) is 43.0 Å². The SMILES string of the molecule is CCCNC(C1=COCCC1)c1cccc(Cl)c1C. The van der Waals surface area contributed by atoms with Crippen molar-refractivity contribution in [3.8, 4) is 0 Å². The van der Waals surface area contributed by atoms with Gasteiger partial charge in [0.2, 0.25) is 0 Å². The molecule has 1 heterocycles. The predicted octanol–water partition coefficient (Wildman–Crippen LogP) is 4.38. The van der Waals surface area contributed by atoms with Crippen molar-refractivity contribution >= 4 is 11.6 Å². The summed E-state index contributed by atoms with van der Waals surface area (Å²) >= 11 is 6.25. The van der Waals surface area contributed by atoms with E-state index in [0.29, 0.717) is 0 Å². The van der Waals surface area contributed by atoms with E-state index in [1.54, 1.807) is 0 Å². The molecular formula is C16H22ClNO. The molecule has 0 aromatic heterocycles. The lowest BCUT2D eigenvalue weighted by Gasteiger charge is -2.26. The summed E-state index contributed by atoms with van der Waals surface area (Å²) in [6.07, 6.45) is 5.23. The predicted molar refractivity (Wildman–Crippen MR) is 80.5 cm³/mol. The van der Waals surface area contributed by atoms with Gasteiger partial charge in [-0.15, -0.1) is 0 Å². The van der Waals surface area contributed by atoms with Crippen LogP contribution < -0.4 is 5.32 Å². The molecule has 1 unspecified atom stereocenters. The minimum Gasteiger partial charge on any atom is -0.501 e. The third kappa shape index (κ3) is 3.52. The monoisotopic (exact) mass is 279 g/mol. The fourth-order valence-electron chi connectivity index (χ4n) is 2.46. The molecule has 0 aliphatic carbocycles. The number of benzene rings is 1. The zero-order valence-corrected chi connectivity index (χ0v) is 12.5. The van der Waals surface area contributed by atoms with Crippen molar-refractivity contribution in [2.45, 2.75) is 39.2 Å². The van der Waals surface area contributed by atoms with Crippen molar-refractivity contribution in [3.05, 3.63) is 46.2 Å². The van der Waals surface area contributed by atoms with E-state index in [1.807, 2.05) is 18.4 Å². The molecule has 104 valence electrons. The molecule has 0 spiro atoms. The molecule has 2 rings (SSSR count). The summed E-state index contributed by atoms with van der Waals surface area (Å²) in [6, 6.07) is 6.35. The van der Waals surface area contributed by atoms with Crippen LogP contribution in [0, 0.1) is 6.92 Å². The number of hydrogen-bond acceptors (Lipinski definition) is 2. The standard InChI is InChI=1S/C16H22ClNO/c1-3-9-18-16(13-6-5-10-19-11-13)14-7-4-8-15(17)12(14)2/h4,7-8,11,16,18H,3,5-6,9-10H2,1-2H3. The lowest BCUT2D eigenvalue weighted by Crippen LogP contribution is -2.26. The van der Waals surface area contributed by atoms with E-state index in [9.17, 15) is 0 Å². The van der Waals surface area contributed by atoms with Gasteiger partial charge >= 0.3 is 0 Å². The number of nitrogens with one attached hydrogen (secondary N) is 1. The summed E-state index contributed by atoms with van der Waals surface area (Å²) in [6.45, 7) is 6.09. The quantitative estimate of drug-likeness (QED) is 0.863. The van der Waals surface area contributed by atoms with Crippen LogP contribution in [0.2, 0.25) is 5.02 Å². The highest BCUT2D eigenvalue weighted by Crippen LogP contribution is 2.32. The van der Waals surface area contributed by atoms with Crippen molar-refractivity contribution in [3.63, 3.8) is 0 Å². The Kier molecular flexibility index (Phi) is 5.29. The average Bonchev–Trinajstić information content (AvgIpc) is 2.45. The lowest BCUT2D eigenvalue weighted by molar-refractivity contribution is 0.219. The fraction of sp³-hybridized carbons (Fsp3) is 0.500. The topological polar surface area (TPSA) is 21.3 Å². The summed E-state index contributed by atoms with van der Waals surface area (Å²) in [5, 5.41) is 4.45. The van der Waals surface area contributed by atoms with Gasteiger partial charge < -0.3 is 10.1 Å². The average molecular weight is 280 g/mol. The van der Waals surface area contributed by atoms with Crippen molar-refractivity contribution in [2.75, 3.05) is 13.2 Å². The Morgan fingerprint density at radius 3 is 2.95 bits per heavy atom. The first kappa shape index (κ1) is 14.4. The highest BCUT2D eigenvalue weighted by atomic mass is 35.5. The van der Waals surface area contributed by atoms with E-state index in [2.05, 4.69) is 25.2 Å². The molecule has 1 aromatic rings. The Bertz CT molecular complexity index is 456. The highest BCUT2D eigenvalue weighted by Gasteiger charge is 2.20. The van der Waals surface area contributed by atoms with Gasteiger partial charge in [-0.05, 0) is 55.5 Å². The third-order valence-corrected chi connectivity index (χ3v) is 3.96. The van der Waals surface area contributed by atoms with Crippen molar-refractivity contribution in [2.24, 2.45) is 0 Å². The molecule has 0 amide bonds. The van der Waals surface area contributed by atoms with E-state index in [4.69, 9.17) is 16.3 Å². The van der Waals surface area contributed by atoms with Crippen LogP contribution in [0.15, 0.2) is 30.0 Å². The molecule has 0 saturated heterocycles. The second-order valence-electron chi connectivity index (χ2n) is 5.01. The second kappa shape index (κ2) is 6.97. The summed E-state index contributed by atoms with van der Waals surface area (Å²) < 4.78 is 5.50. The summed E-state index contributed by atoms with van der Waals surface area (Å²) in [7, 11) is 0. The van der Waals surface area contributed by atoms with E-state index >= 15 is 0 Å². The zero-order valence-electron chi connectivity index (χ0n) is 11.7. The molecule has 0 saturated carbocycles. The van der Waals surface area contributed by atoms with Gasteiger partial charge in [-0.2, -0.15) is 0 Å². The molecule has 1 aliphatic heterocycles. The van der Waals surface area contributed by atoms with Crippen LogP contribution in [-0.2, 0) is 4.74 Å². The second-order valence-corrected chi connectivity index (χ2v) is 5.42. The van der Waals surface area contributed by atoms with Crippen LogP contribution in [-0.4, -0.2) is 13.2 Å². The van der Waals surface area contributed by atoms with Crippen LogP contribution in [0.1, 0.15) is 43.4 Å². The molecule has 0 radical (unpaired) electrons. The van der Waals surface area contributed by atoms with Crippen molar-refractivity contribution < 1.29 is 4.74 Å². The molecule has 0 bridgehead atoms. The van der Waals surface area contributed by atoms with Gasteiger partial charge in [0.05, 0.1) is 18.9 Å². The molecule has 0 fully saturated rings. The van der Waals surface area contributed by atoms with Gasteiger partial charge in [0.25, 0.3) is 0 Å². The molecule has 19 heavy (non-hydrogen) atoms. The summed E-state index contributed by atoms with van der Waals surface area (Å²) in [5.41, 5.74) is 3.74. The number of ether oxygens (including phenoxy) is 1. The first-order valence-electron chi connectivity index (χ1n) is 7.03. The summed E-state index contributed by atoms with van der Waals surface area (Å²) in [4.78, 5) is 0. The number of halogens is 1. The van der Waals surface area contributed by atoms with Gasteiger partial charge in [-0.25, -0.2) is 0 Å². The Hall–Kier alpha value is -0.990. The smallest absolute Gasteiger partial charge is 0.0876 e. The molecule has 2 nitrogen and oxygen atoms in total. The van der Waals surface area contributed by atoms with Gasteiger partial charge in [-0.3, -0.25) is 0 Å². The Balaban J connectivity index is 2.30. The lowest BCUT2D eigenvalue weighted by atomic mass is 9.92. The Morgan fingerprint density at radius 1 is 1.42 bits per heavy atom. The molecule has 3 heteroatoms. The van der Waals surface area contributed by atoms with E-state index in [1.165, 1.54) is 11.1 Å². The molecular weight excluding hydrogens is 258 g/mol. The normalized spacial score (nSPS) is 16.7.